The molecule has 0 aromatic carbocycles. The van der Waals surface area contributed by atoms with Crippen molar-refractivity contribution in [2.45, 2.75) is 38.8 Å². The third-order valence-corrected chi connectivity index (χ3v) is 2.60. The Bertz CT molecular complexity index is 273. The first-order chi connectivity index (χ1) is 5.81. The molecule has 2 N–H and O–H groups in total. The lowest BCUT2D eigenvalue weighted by Gasteiger charge is -2.26. The van der Waals surface area contributed by atoms with E-state index in [-0.39, 0.29) is 0 Å². The zero-order valence-electron chi connectivity index (χ0n) is 7.45. The number of aromatic nitrogens is 2. The van der Waals surface area contributed by atoms with Gasteiger partial charge in [-0.05, 0) is 32.3 Å². The Hall–Kier alpha value is -0.830. The fourth-order valence-electron chi connectivity index (χ4n) is 1.65. The predicted octanol–water partition coefficient (Wildman–Crippen LogP) is 1.38. The average molecular weight is 165 g/mol. The molecule has 1 aliphatic carbocycles. The van der Waals surface area contributed by atoms with Crippen LogP contribution in [0.25, 0.3) is 0 Å². The average Bonchev–Trinajstić information content (AvgIpc) is 2.29. The molecule has 0 amide bonds. The maximum absolute atomic E-state index is 5.52. The van der Waals surface area contributed by atoms with E-state index in [1.54, 1.807) is 0 Å². The largest absolute Gasteiger partial charge is 0.325 e. The maximum atomic E-state index is 5.52. The van der Waals surface area contributed by atoms with Crippen molar-refractivity contribution in [3.05, 3.63) is 17.5 Å². The molecular formula is C9H15N3. The minimum Gasteiger partial charge on any atom is -0.325 e. The molecule has 0 saturated heterocycles. The second-order valence-electron chi connectivity index (χ2n) is 3.51. The number of nitrogens with two attached hydrogens (primary N) is 1. The van der Waals surface area contributed by atoms with Crippen LogP contribution >= 0.6 is 0 Å². The highest BCUT2D eigenvalue weighted by molar-refractivity contribution is 5.09. The summed E-state index contributed by atoms with van der Waals surface area (Å²) in [6, 6.07) is 2.74. The minimum absolute atomic E-state index is 0.556. The molecule has 0 aliphatic heterocycles. The fraction of sp³-hybridized carbons (Fsp3) is 0.667. The Morgan fingerprint density at radius 1 is 1.67 bits per heavy atom. The summed E-state index contributed by atoms with van der Waals surface area (Å²) < 4.78 is 2.13. The summed E-state index contributed by atoms with van der Waals surface area (Å²) in [6.45, 7) is 2.66. The summed E-state index contributed by atoms with van der Waals surface area (Å²) in [5, 5.41) is 4.44. The first-order valence-corrected chi connectivity index (χ1v) is 4.56. The lowest BCUT2D eigenvalue weighted by molar-refractivity contribution is 0.283. The second-order valence-corrected chi connectivity index (χ2v) is 3.51. The van der Waals surface area contributed by atoms with E-state index in [0.717, 1.165) is 5.69 Å². The van der Waals surface area contributed by atoms with Gasteiger partial charge in [-0.15, -0.1) is 0 Å². The molecule has 1 fully saturated rings. The standard InChI is InChI=1S/C9H15N3/c1-7-5-8(6-10)11-12(7)9-3-2-4-9/h5,9H,2-4,6,10H2,1H3. The lowest BCUT2D eigenvalue weighted by atomic mass is 9.93. The van der Waals surface area contributed by atoms with Crippen molar-refractivity contribution in [3.63, 3.8) is 0 Å². The van der Waals surface area contributed by atoms with E-state index in [4.69, 9.17) is 5.73 Å². The van der Waals surface area contributed by atoms with Gasteiger partial charge in [-0.1, -0.05) is 0 Å². The third-order valence-electron chi connectivity index (χ3n) is 2.60. The molecule has 1 heterocycles. The van der Waals surface area contributed by atoms with E-state index in [9.17, 15) is 0 Å². The van der Waals surface area contributed by atoms with Crippen molar-refractivity contribution in [2.24, 2.45) is 5.73 Å². The van der Waals surface area contributed by atoms with Crippen LogP contribution in [0, 0.1) is 6.92 Å². The van der Waals surface area contributed by atoms with Crippen LogP contribution in [0.3, 0.4) is 0 Å². The summed E-state index contributed by atoms with van der Waals surface area (Å²) in [7, 11) is 0. The van der Waals surface area contributed by atoms with Crippen LogP contribution in [0.4, 0.5) is 0 Å². The molecule has 66 valence electrons. The zero-order chi connectivity index (χ0) is 8.55. The van der Waals surface area contributed by atoms with Crippen LogP contribution in [0.5, 0.6) is 0 Å². The van der Waals surface area contributed by atoms with Crippen LogP contribution in [0.2, 0.25) is 0 Å². The van der Waals surface area contributed by atoms with Crippen molar-refractivity contribution < 1.29 is 0 Å². The summed E-state index contributed by atoms with van der Waals surface area (Å²) >= 11 is 0. The molecule has 0 bridgehead atoms. The Kier molecular flexibility index (Phi) is 1.89. The topological polar surface area (TPSA) is 43.8 Å². The molecule has 1 aromatic rings. The smallest absolute Gasteiger partial charge is 0.0763 e. The van der Waals surface area contributed by atoms with Gasteiger partial charge in [0.05, 0.1) is 11.7 Å². The molecule has 0 spiro atoms. The van der Waals surface area contributed by atoms with Gasteiger partial charge >= 0.3 is 0 Å². The summed E-state index contributed by atoms with van der Waals surface area (Å²) in [5.41, 5.74) is 7.78. The van der Waals surface area contributed by atoms with E-state index in [1.165, 1.54) is 25.0 Å². The van der Waals surface area contributed by atoms with E-state index < -0.39 is 0 Å². The highest BCUT2D eigenvalue weighted by atomic mass is 15.3. The van der Waals surface area contributed by atoms with Gasteiger partial charge in [0, 0.05) is 12.2 Å². The van der Waals surface area contributed by atoms with Crippen LogP contribution in [-0.2, 0) is 6.54 Å². The van der Waals surface area contributed by atoms with Crippen LogP contribution < -0.4 is 5.73 Å². The van der Waals surface area contributed by atoms with Gasteiger partial charge in [-0.2, -0.15) is 5.10 Å². The molecule has 0 unspecified atom stereocenters. The highest BCUT2D eigenvalue weighted by Gasteiger charge is 2.21. The Morgan fingerprint density at radius 3 is 2.83 bits per heavy atom. The maximum Gasteiger partial charge on any atom is 0.0763 e. The number of hydrogen-bond acceptors (Lipinski definition) is 2. The molecule has 2 rings (SSSR count). The Labute approximate surface area is 72.6 Å². The molecule has 0 radical (unpaired) electrons. The van der Waals surface area contributed by atoms with Crippen LogP contribution in [0.1, 0.15) is 36.7 Å². The van der Waals surface area contributed by atoms with Crippen molar-refractivity contribution in [1.82, 2.24) is 9.78 Å². The van der Waals surface area contributed by atoms with Gasteiger partial charge in [0.15, 0.2) is 0 Å². The van der Waals surface area contributed by atoms with Gasteiger partial charge in [0.25, 0.3) is 0 Å². The Morgan fingerprint density at radius 2 is 2.42 bits per heavy atom. The summed E-state index contributed by atoms with van der Waals surface area (Å²) in [6.07, 6.45) is 3.92. The second kappa shape index (κ2) is 2.90. The van der Waals surface area contributed by atoms with Crippen molar-refractivity contribution in [1.29, 1.82) is 0 Å². The number of hydrogen-bond donors (Lipinski definition) is 1. The quantitative estimate of drug-likeness (QED) is 0.719. The molecule has 0 atom stereocenters. The van der Waals surface area contributed by atoms with Crippen molar-refractivity contribution >= 4 is 0 Å². The van der Waals surface area contributed by atoms with E-state index in [1.807, 2.05) is 0 Å². The first kappa shape index (κ1) is 7.80. The monoisotopic (exact) mass is 165 g/mol. The summed E-state index contributed by atoms with van der Waals surface area (Å²) in [5.74, 6) is 0. The van der Waals surface area contributed by atoms with Gasteiger partial charge in [0.2, 0.25) is 0 Å². The molecule has 1 aromatic heterocycles. The molecule has 3 heteroatoms. The van der Waals surface area contributed by atoms with Crippen molar-refractivity contribution in [2.75, 3.05) is 0 Å². The SMILES string of the molecule is Cc1cc(CN)nn1C1CCC1. The molecule has 1 aliphatic rings. The fourth-order valence-corrected chi connectivity index (χ4v) is 1.65. The van der Waals surface area contributed by atoms with Gasteiger partial charge < -0.3 is 5.73 Å². The molecule has 12 heavy (non-hydrogen) atoms. The first-order valence-electron chi connectivity index (χ1n) is 4.56. The lowest BCUT2D eigenvalue weighted by Crippen LogP contribution is -2.19. The predicted molar refractivity (Wildman–Crippen MR) is 47.7 cm³/mol. The van der Waals surface area contributed by atoms with Crippen LogP contribution in [0.15, 0.2) is 6.07 Å². The van der Waals surface area contributed by atoms with E-state index in [0.29, 0.717) is 12.6 Å². The third kappa shape index (κ3) is 1.14. The summed E-state index contributed by atoms with van der Waals surface area (Å²) in [4.78, 5) is 0. The Balaban J connectivity index is 2.23. The molecule has 1 saturated carbocycles. The number of nitrogens with zero attached hydrogens (tertiary/aromatic N) is 2. The highest BCUT2D eigenvalue weighted by Crippen LogP contribution is 2.31. The zero-order valence-corrected chi connectivity index (χ0v) is 7.45. The minimum atomic E-state index is 0.556. The normalized spacial score (nSPS) is 17.8. The van der Waals surface area contributed by atoms with Crippen molar-refractivity contribution in [3.8, 4) is 0 Å². The van der Waals surface area contributed by atoms with Crippen LogP contribution in [-0.4, -0.2) is 9.78 Å². The number of aryl methyl sites for hydroxylation is 1. The number of rotatable bonds is 2. The molecular weight excluding hydrogens is 150 g/mol. The van der Waals surface area contributed by atoms with Gasteiger partial charge in [-0.25, -0.2) is 0 Å². The molecule has 3 nitrogen and oxygen atoms in total. The van der Waals surface area contributed by atoms with E-state index in [2.05, 4.69) is 22.8 Å². The van der Waals surface area contributed by atoms with Gasteiger partial charge in [-0.3, -0.25) is 4.68 Å². The van der Waals surface area contributed by atoms with E-state index >= 15 is 0 Å². The van der Waals surface area contributed by atoms with Gasteiger partial charge in [0.1, 0.15) is 0 Å².